The first kappa shape index (κ1) is 28.8. The standard InChI is InChI=1S/C28H21ClFN5O5S2/c1-40-24-12-9-20(14-21(24)27(37)34-31-15-16-5-7-19(36)8-6-16)42(38,39)35-28-33-23-11-10-22(30)25(26(23)41-28)32-18-4-2-3-17(29)13-18/h2-15,32,36H,1H3,(H,33,35)(H,34,37)/b31-15+. The van der Waals surface area contributed by atoms with E-state index in [4.69, 9.17) is 16.3 Å². The van der Waals surface area contributed by atoms with E-state index in [1.807, 2.05) is 0 Å². The maximum atomic E-state index is 14.8. The van der Waals surface area contributed by atoms with Gasteiger partial charge in [0.15, 0.2) is 5.13 Å². The Hall–Kier alpha value is -4.72. The lowest BCUT2D eigenvalue weighted by atomic mass is 10.2. The zero-order valence-electron chi connectivity index (χ0n) is 21.6. The highest BCUT2D eigenvalue weighted by atomic mass is 35.5. The number of halogens is 2. The average molecular weight is 626 g/mol. The Morgan fingerprint density at radius 3 is 2.62 bits per heavy atom. The molecular weight excluding hydrogens is 605 g/mol. The van der Waals surface area contributed by atoms with Gasteiger partial charge in [-0.1, -0.05) is 29.0 Å². The number of anilines is 3. The summed E-state index contributed by atoms with van der Waals surface area (Å²) in [5, 5.41) is 16.7. The number of nitrogens with zero attached hydrogens (tertiary/aromatic N) is 2. The summed E-state index contributed by atoms with van der Waals surface area (Å²) < 4.78 is 49.4. The first-order valence-corrected chi connectivity index (χ1v) is 14.8. The van der Waals surface area contributed by atoms with Crippen LogP contribution in [0.15, 0.2) is 88.9 Å². The number of rotatable bonds is 9. The number of ether oxygens (including phenoxy) is 1. The van der Waals surface area contributed by atoms with E-state index in [1.54, 1.807) is 36.4 Å². The SMILES string of the molecule is COc1ccc(S(=O)(=O)Nc2nc3ccc(F)c(Nc4cccc(Cl)c4)c3s2)cc1C(=O)N/N=C/c1ccc(O)cc1. The molecule has 0 saturated carbocycles. The van der Waals surface area contributed by atoms with E-state index in [0.29, 0.717) is 26.5 Å². The van der Waals surface area contributed by atoms with Crippen LogP contribution < -0.4 is 20.2 Å². The van der Waals surface area contributed by atoms with E-state index in [2.05, 4.69) is 25.6 Å². The number of amides is 1. The van der Waals surface area contributed by atoms with E-state index >= 15 is 0 Å². The summed E-state index contributed by atoms with van der Waals surface area (Å²) in [6.07, 6.45) is 1.36. The minimum absolute atomic E-state index is 0.00920. The molecular formula is C28H21ClFN5O5S2. The summed E-state index contributed by atoms with van der Waals surface area (Å²) in [6, 6.07) is 19.3. The third-order valence-electron chi connectivity index (χ3n) is 5.82. The van der Waals surface area contributed by atoms with Gasteiger partial charge in [0.2, 0.25) is 0 Å². The lowest BCUT2D eigenvalue weighted by Gasteiger charge is -2.10. The van der Waals surface area contributed by atoms with Crippen molar-refractivity contribution < 1.29 is 27.4 Å². The number of hydrogen-bond donors (Lipinski definition) is 4. The molecule has 42 heavy (non-hydrogen) atoms. The molecule has 0 aliphatic rings. The Morgan fingerprint density at radius 2 is 1.88 bits per heavy atom. The quantitative estimate of drug-likeness (QED) is 0.114. The summed E-state index contributed by atoms with van der Waals surface area (Å²) >= 11 is 6.98. The minimum Gasteiger partial charge on any atom is -0.508 e. The molecule has 5 rings (SSSR count). The number of fused-ring (bicyclic) bond motifs is 1. The number of hydrazone groups is 1. The number of phenols is 1. The van der Waals surface area contributed by atoms with Crippen molar-refractivity contribution in [2.45, 2.75) is 4.90 Å². The van der Waals surface area contributed by atoms with Gasteiger partial charge < -0.3 is 15.2 Å². The van der Waals surface area contributed by atoms with Crippen LogP contribution >= 0.6 is 22.9 Å². The molecule has 1 aromatic heterocycles. The van der Waals surface area contributed by atoms with Gasteiger partial charge in [-0.2, -0.15) is 5.10 Å². The molecule has 0 unspecified atom stereocenters. The summed E-state index contributed by atoms with van der Waals surface area (Å²) in [7, 11) is -2.89. The molecule has 0 fully saturated rings. The molecule has 10 nitrogen and oxygen atoms in total. The van der Waals surface area contributed by atoms with Gasteiger partial charge >= 0.3 is 0 Å². The van der Waals surface area contributed by atoms with Crippen LogP contribution in [0.1, 0.15) is 15.9 Å². The normalized spacial score (nSPS) is 11.5. The molecule has 5 aromatic rings. The van der Waals surface area contributed by atoms with Crippen molar-refractivity contribution in [3.05, 3.63) is 101 Å². The largest absolute Gasteiger partial charge is 0.508 e. The second-order valence-electron chi connectivity index (χ2n) is 8.68. The van der Waals surface area contributed by atoms with Gasteiger partial charge in [0, 0.05) is 10.7 Å². The van der Waals surface area contributed by atoms with Crippen molar-refractivity contribution in [3.63, 3.8) is 0 Å². The number of sulfonamides is 1. The van der Waals surface area contributed by atoms with Gasteiger partial charge in [0.1, 0.15) is 17.3 Å². The van der Waals surface area contributed by atoms with Gasteiger partial charge in [-0.25, -0.2) is 23.2 Å². The van der Waals surface area contributed by atoms with Crippen molar-refractivity contribution in [2.75, 3.05) is 17.1 Å². The van der Waals surface area contributed by atoms with Crippen molar-refractivity contribution in [1.82, 2.24) is 10.4 Å². The summed E-state index contributed by atoms with van der Waals surface area (Å²) in [6.45, 7) is 0. The number of aromatic nitrogens is 1. The second kappa shape index (κ2) is 12.0. The van der Waals surface area contributed by atoms with Crippen LogP contribution in [0.25, 0.3) is 10.2 Å². The number of thiazole rings is 1. The number of phenolic OH excluding ortho intramolecular Hbond substituents is 1. The summed E-state index contributed by atoms with van der Waals surface area (Å²) in [4.78, 5) is 16.9. The predicted molar refractivity (Wildman–Crippen MR) is 161 cm³/mol. The maximum absolute atomic E-state index is 14.8. The van der Waals surface area contributed by atoms with Crippen LogP contribution in [-0.4, -0.2) is 37.7 Å². The number of methoxy groups -OCH3 is 1. The minimum atomic E-state index is -4.23. The molecule has 0 radical (unpaired) electrons. The van der Waals surface area contributed by atoms with Crippen molar-refractivity contribution >= 4 is 71.8 Å². The van der Waals surface area contributed by atoms with E-state index in [0.717, 1.165) is 17.4 Å². The Morgan fingerprint density at radius 1 is 1.10 bits per heavy atom. The maximum Gasteiger partial charge on any atom is 0.275 e. The zero-order valence-corrected chi connectivity index (χ0v) is 24.0. The Bertz CT molecular complexity index is 1930. The van der Waals surface area contributed by atoms with Gasteiger partial charge in [-0.15, -0.1) is 0 Å². The third-order valence-corrected chi connectivity index (χ3v) is 8.53. The van der Waals surface area contributed by atoms with Crippen LogP contribution in [0.2, 0.25) is 5.02 Å². The smallest absolute Gasteiger partial charge is 0.275 e. The molecule has 0 bridgehead atoms. The lowest BCUT2D eigenvalue weighted by Crippen LogP contribution is -2.20. The van der Waals surface area contributed by atoms with Gasteiger partial charge in [-0.3, -0.25) is 9.52 Å². The highest BCUT2D eigenvalue weighted by molar-refractivity contribution is 7.93. The molecule has 214 valence electrons. The second-order valence-corrected chi connectivity index (χ2v) is 11.8. The van der Waals surface area contributed by atoms with Crippen LogP contribution in [0.3, 0.4) is 0 Å². The zero-order chi connectivity index (χ0) is 29.9. The molecule has 0 spiro atoms. The molecule has 14 heteroatoms. The molecule has 1 heterocycles. The average Bonchev–Trinajstić information content (AvgIpc) is 3.37. The molecule has 0 aliphatic carbocycles. The van der Waals surface area contributed by atoms with Gasteiger partial charge in [0.25, 0.3) is 15.9 Å². The number of carbonyl (C=O) groups is 1. The highest BCUT2D eigenvalue weighted by Gasteiger charge is 2.22. The highest BCUT2D eigenvalue weighted by Crippen LogP contribution is 2.37. The van der Waals surface area contributed by atoms with E-state index in [9.17, 15) is 22.7 Å². The predicted octanol–water partition coefficient (Wildman–Crippen LogP) is 6.11. The van der Waals surface area contributed by atoms with E-state index in [-0.39, 0.29) is 32.8 Å². The number of benzene rings is 4. The lowest BCUT2D eigenvalue weighted by molar-refractivity contribution is 0.0952. The molecule has 0 saturated heterocycles. The van der Waals surface area contributed by atoms with Crippen LogP contribution in [0, 0.1) is 5.82 Å². The number of nitrogens with one attached hydrogen (secondary N) is 3. The number of carbonyl (C=O) groups excluding carboxylic acids is 1. The fourth-order valence-electron chi connectivity index (χ4n) is 3.83. The summed E-state index contributed by atoms with van der Waals surface area (Å²) in [5.74, 6) is -1.07. The van der Waals surface area contributed by atoms with Crippen LogP contribution in [0.4, 0.5) is 20.9 Å². The van der Waals surface area contributed by atoms with Crippen molar-refractivity contribution in [2.24, 2.45) is 5.10 Å². The number of aromatic hydroxyl groups is 1. The summed E-state index contributed by atoms with van der Waals surface area (Å²) in [5.41, 5.74) is 3.89. The molecule has 0 atom stereocenters. The topological polar surface area (TPSA) is 142 Å². The third kappa shape index (κ3) is 6.43. The fraction of sp³-hybridized carbons (Fsp3) is 0.0357. The molecule has 4 N–H and O–H groups in total. The fourth-order valence-corrected chi connectivity index (χ4v) is 6.24. The Labute approximate surface area is 248 Å². The van der Waals surface area contributed by atoms with Crippen LogP contribution in [0.5, 0.6) is 11.5 Å². The van der Waals surface area contributed by atoms with Crippen molar-refractivity contribution in [3.8, 4) is 11.5 Å². The first-order chi connectivity index (χ1) is 20.1. The molecule has 0 aliphatic heterocycles. The van der Waals surface area contributed by atoms with Gasteiger partial charge in [-0.05, 0) is 78.4 Å². The Balaban J connectivity index is 1.39. The molecule has 4 aromatic carbocycles. The van der Waals surface area contributed by atoms with E-state index < -0.39 is 21.7 Å². The van der Waals surface area contributed by atoms with Gasteiger partial charge in [0.05, 0.1) is 39.7 Å². The van der Waals surface area contributed by atoms with Crippen LogP contribution in [-0.2, 0) is 10.0 Å². The molecule has 1 amide bonds. The first-order valence-electron chi connectivity index (χ1n) is 12.1. The van der Waals surface area contributed by atoms with E-state index in [1.165, 1.54) is 49.7 Å². The monoisotopic (exact) mass is 625 g/mol. The Kier molecular flexibility index (Phi) is 8.24. The van der Waals surface area contributed by atoms with Crippen molar-refractivity contribution in [1.29, 1.82) is 0 Å². The number of hydrogen-bond acceptors (Lipinski definition) is 9.